The second-order valence-corrected chi connectivity index (χ2v) is 2.18. The van der Waals surface area contributed by atoms with Crippen LogP contribution in [0.5, 0.6) is 0 Å². The van der Waals surface area contributed by atoms with E-state index in [1.54, 1.807) is 0 Å². The quantitative estimate of drug-likeness (QED) is 0.340. The lowest BCUT2D eigenvalue weighted by Crippen LogP contribution is -1.88. The Bertz CT molecular complexity index is 82.1. The zero-order chi connectivity index (χ0) is 5.28. The highest BCUT2D eigenvalue weighted by molar-refractivity contribution is 9.09. The Morgan fingerprint density at radius 2 is 2.57 bits per heavy atom. The summed E-state index contributed by atoms with van der Waals surface area (Å²) in [7, 11) is 0. The lowest BCUT2D eigenvalue weighted by molar-refractivity contribution is 0.403. The molecule has 1 saturated heterocycles. The van der Waals surface area contributed by atoms with Crippen molar-refractivity contribution in [3.05, 3.63) is 12.7 Å². The SMILES string of the molecule is C=C[C@@H]1O[C@@H]1CBr. The van der Waals surface area contributed by atoms with E-state index in [1.807, 2.05) is 6.08 Å². The number of alkyl halides is 1. The van der Waals surface area contributed by atoms with Gasteiger partial charge in [0.1, 0.15) is 6.10 Å². The van der Waals surface area contributed by atoms with E-state index in [0.29, 0.717) is 12.2 Å². The van der Waals surface area contributed by atoms with E-state index in [-0.39, 0.29) is 0 Å². The highest BCUT2D eigenvalue weighted by Crippen LogP contribution is 2.23. The van der Waals surface area contributed by atoms with Gasteiger partial charge in [0.05, 0.1) is 6.10 Å². The van der Waals surface area contributed by atoms with Crippen molar-refractivity contribution in [2.45, 2.75) is 12.2 Å². The van der Waals surface area contributed by atoms with Crippen molar-refractivity contribution in [3.8, 4) is 0 Å². The van der Waals surface area contributed by atoms with Crippen molar-refractivity contribution in [2.75, 3.05) is 5.33 Å². The lowest BCUT2D eigenvalue weighted by Gasteiger charge is -1.72. The molecule has 1 aliphatic rings. The second kappa shape index (κ2) is 1.97. The molecule has 1 aliphatic heterocycles. The van der Waals surface area contributed by atoms with Gasteiger partial charge in [-0.2, -0.15) is 0 Å². The summed E-state index contributed by atoms with van der Waals surface area (Å²) in [6.45, 7) is 3.58. The predicted molar refractivity (Wildman–Crippen MR) is 32.7 cm³/mol. The van der Waals surface area contributed by atoms with Crippen LogP contribution >= 0.6 is 15.9 Å². The van der Waals surface area contributed by atoms with Gasteiger partial charge in [-0.25, -0.2) is 0 Å². The van der Waals surface area contributed by atoms with Gasteiger partial charge in [-0.05, 0) is 0 Å². The van der Waals surface area contributed by atoms with Gasteiger partial charge < -0.3 is 4.74 Å². The first-order chi connectivity index (χ1) is 3.38. The maximum absolute atomic E-state index is 5.05. The third-order valence-corrected chi connectivity index (χ3v) is 1.64. The predicted octanol–water partition coefficient (Wildman–Crippen LogP) is 1.33. The average Bonchev–Trinajstić information content (AvgIpc) is 2.43. The highest BCUT2D eigenvalue weighted by atomic mass is 79.9. The minimum atomic E-state index is 0.333. The monoisotopic (exact) mass is 162 g/mol. The van der Waals surface area contributed by atoms with Gasteiger partial charge in [-0.15, -0.1) is 6.58 Å². The molecule has 7 heavy (non-hydrogen) atoms. The topological polar surface area (TPSA) is 12.5 Å². The molecule has 0 N–H and O–H groups in total. The van der Waals surface area contributed by atoms with E-state index in [1.165, 1.54) is 0 Å². The molecule has 0 radical (unpaired) electrons. The van der Waals surface area contributed by atoms with Gasteiger partial charge in [-0.1, -0.05) is 22.0 Å². The smallest absolute Gasteiger partial charge is 0.103 e. The number of hydrogen-bond donors (Lipinski definition) is 0. The first-order valence-electron chi connectivity index (χ1n) is 2.22. The average molecular weight is 163 g/mol. The first kappa shape index (κ1) is 5.32. The van der Waals surface area contributed by atoms with Crippen LogP contribution < -0.4 is 0 Å². The van der Waals surface area contributed by atoms with Crippen LogP contribution in [0.15, 0.2) is 12.7 Å². The summed E-state index contributed by atoms with van der Waals surface area (Å²) in [4.78, 5) is 0. The van der Waals surface area contributed by atoms with Crippen molar-refractivity contribution < 1.29 is 4.74 Å². The van der Waals surface area contributed by atoms with Gasteiger partial charge in [0.15, 0.2) is 0 Å². The van der Waals surface area contributed by atoms with Crippen molar-refractivity contribution in [1.29, 1.82) is 0 Å². The molecule has 0 spiro atoms. The summed E-state index contributed by atoms with van der Waals surface area (Å²) in [6.07, 6.45) is 2.57. The number of epoxide rings is 1. The third-order valence-electron chi connectivity index (χ3n) is 1.01. The molecule has 1 fully saturated rings. The second-order valence-electron chi connectivity index (χ2n) is 1.53. The van der Waals surface area contributed by atoms with E-state index >= 15 is 0 Å². The Labute approximate surface area is 51.5 Å². The zero-order valence-corrected chi connectivity index (χ0v) is 5.52. The molecule has 0 bridgehead atoms. The summed E-state index contributed by atoms with van der Waals surface area (Å²) in [6, 6.07) is 0. The molecule has 0 aromatic rings. The minimum absolute atomic E-state index is 0.333. The van der Waals surface area contributed by atoms with Crippen LogP contribution in [-0.2, 0) is 4.74 Å². The Morgan fingerprint density at radius 1 is 1.86 bits per heavy atom. The number of hydrogen-bond acceptors (Lipinski definition) is 1. The molecule has 1 nitrogen and oxygen atoms in total. The van der Waals surface area contributed by atoms with Crippen LogP contribution in [-0.4, -0.2) is 17.5 Å². The van der Waals surface area contributed by atoms with Crippen LogP contribution in [0, 0.1) is 0 Å². The third kappa shape index (κ3) is 1.04. The maximum Gasteiger partial charge on any atom is 0.103 e. The fraction of sp³-hybridized carbons (Fsp3) is 0.600. The molecule has 1 heterocycles. The minimum Gasteiger partial charge on any atom is -0.364 e. The largest absolute Gasteiger partial charge is 0.364 e. The molecule has 2 heteroatoms. The molecule has 0 amide bonds. The van der Waals surface area contributed by atoms with Crippen LogP contribution in [0.2, 0.25) is 0 Å². The van der Waals surface area contributed by atoms with Crippen LogP contribution in [0.25, 0.3) is 0 Å². The molecule has 2 atom stereocenters. The first-order valence-corrected chi connectivity index (χ1v) is 3.34. The van der Waals surface area contributed by atoms with Crippen LogP contribution in [0.1, 0.15) is 0 Å². The molecular formula is C5H7BrO. The molecular weight excluding hydrogens is 156 g/mol. The number of halogens is 1. The Kier molecular flexibility index (Phi) is 1.50. The van der Waals surface area contributed by atoms with Crippen molar-refractivity contribution >= 4 is 15.9 Å². The fourth-order valence-corrected chi connectivity index (χ4v) is 1.01. The molecule has 0 unspecified atom stereocenters. The molecule has 0 saturated carbocycles. The summed E-state index contributed by atoms with van der Waals surface area (Å²) >= 11 is 3.28. The molecule has 0 aromatic carbocycles. The van der Waals surface area contributed by atoms with E-state index in [4.69, 9.17) is 4.74 Å². The normalized spacial score (nSPS) is 37.9. The zero-order valence-electron chi connectivity index (χ0n) is 3.93. The van der Waals surface area contributed by atoms with Gasteiger partial charge >= 0.3 is 0 Å². The molecule has 0 aliphatic carbocycles. The summed E-state index contributed by atoms with van der Waals surface area (Å²) in [5, 5.41) is 0.934. The molecule has 0 aromatic heterocycles. The molecule has 40 valence electrons. The Hall–Kier alpha value is 0.180. The maximum atomic E-state index is 5.05. The standard InChI is InChI=1S/C5H7BrO/c1-2-4-5(3-6)7-4/h2,4-5H,1,3H2/t4-,5+/m0/s1. The van der Waals surface area contributed by atoms with E-state index in [0.717, 1.165) is 5.33 Å². The lowest BCUT2D eigenvalue weighted by atomic mass is 10.3. The van der Waals surface area contributed by atoms with Crippen molar-refractivity contribution in [1.82, 2.24) is 0 Å². The number of ether oxygens (including phenoxy) is 1. The van der Waals surface area contributed by atoms with E-state index in [9.17, 15) is 0 Å². The molecule has 1 rings (SSSR count). The Morgan fingerprint density at radius 3 is 2.71 bits per heavy atom. The van der Waals surface area contributed by atoms with Crippen molar-refractivity contribution in [3.63, 3.8) is 0 Å². The number of rotatable bonds is 2. The van der Waals surface area contributed by atoms with Gasteiger partial charge in [-0.3, -0.25) is 0 Å². The van der Waals surface area contributed by atoms with Gasteiger partial charge in [0.2, 0.25) is 0 Å². The van der Waals surface area contributed by atoms with Gasteiger partial charge in [0.25, 0.3) is 0 Å². The highest BCUT2D eigenvalue weighted by Gasteiger charge is 2.34. The fourth-order valence-electron chi connectivity index (χ4n) is 0.488. The van der Waals surface area contributed by atoms with Gasteiger partial charge in [0, 0.05) is 5.33 Å². The Balaban J connectivity index is 2.17. The van der Waals surface area contributed by atoms with Crippen LogP contribution in [0.4, 0.5) is 0 Å². The van der Waals surface area contributed by atoms with Crippen LogP contribution in [0.3, 0.4) is 0 Å². The van der Waals surface area contributed by atoms with Crippen molar-refractivity contribution in [2.24, 2.45) is 0 Å². The summed E-state index contributed by atoms with van der Waals surface area (Å²) in [5.41, 5.74) is 0. The van der Waals surface area contributed by atoms with E-state index in [2.05, 4.69) is 22.5 Å². The summed E-state index contributed by atoms with van der Waals surface area (Å²) in [5.74, 6) is 0. The van der Waals surface area contributed by atoms with E-state index < -0.39 is 0 Å². The summed E-state index contributed by atoms with van der Waals surface area (Å²) < 4.78 is 5.05.